The van der Waals surface area contributed by atoms with E-state index in [1.807, 2.05) is 52.0 Å². The van der Waals surface area contributed by atoms with Crippen LogP contribution in [0.15, 0.2) is 60.2 Å². The van der Waals surface area contributed by atoms with E-state index in [9.17, 15) is 9.59 Å². The molecule has 0 radical (unpaired) electrons. The lowest BCUT2D eigenvalue weighted by molar-refractivity contribution is -0.122. The van der Waals surface area contributed by atoms with Gasteiger partial charge in [0.2, 0.25) is 0 Å². The second-order valence-corrected chi connectivity index (χ2v) is 7.62. The number of ketones is 1. The summed E-state index contributed by atoms with van der Waals surface area (Å²) >= 11 is 0. The molecule has 3 nitrogen and oxygen atoms in total. The van der Waals surface area contributed by atoms with Crippen molar-refractivity contribution in [1.82, 2.24) is 0 Å². The number of benzene rings is 2. The fourth-order valence-electron chi connectivity index (χ4n) is 3.57. The molecule has 2 aromatic carbocycles. The molecule has 3 rings (SSSR count). The topological polar surface area (TPSA) is 43.4 Å². The Kier molecular flexibility index (Phi) is 11.6. The molecule has 2 atom stereocenters. The van der Waals surface area contributed by atoms with Gasteiger partial charge in [-0.3, -0.25) is 4.79 Å². The van der Waals surface area contributed by atoms with E-state index in [2.05, 4.69) is 20.8 Å². The van der Waals surface area contributed by atoms with Crippen LogP contribution in [-0.2, 0) is 4.79 Å². The van der Waals surface area contributed by atoms with Gasteiger partial charge in [0.05, 0.1) is 5.56 Å². The quantitative estimate of drug-likeness (QED) is 0.289. The van der Waals surface area contributed by atoms with Crippen molar-refractivity contribution in [2.75, 3.05) is 0 Å². The van der Waals surface area contributed by atoms with Gasteiger partial charge in [-0.2, -0.15) is 0 Å². The first-order chi connectivity index (χ1) is 15.0. The van der Waals surface area contributed by atoms with Gasteiger partial charge in [0.15, 0.2) is 5.78 Å². The molecule has 0 heterocycles. The van der Waals surface area contributed by atoms with Gasteiger partial charge >= 0.3 is 5.97 Å². The third-order valence-electron chi connectivity index (χ3n) is 5.29. The van der Waals surface area contributed by atoms with Crippen molar-refractivity contribution >= 4 is 17.8 Å². The number of hydrogen-bond donors (Lipinski definition) is 0. The standard InChI is InChI=1S/C24H26O3.2C2H6/c1-16(2)21-14-9-17(3)22(23(21)25)15-18-10-12-20(13-11-18)27-24(26)19-7-5-4-6-8-19;2*1-2/h4-8,10-13,15-17,21H,9,14H2,1-3H3;2*1-2H3/b22-15+;;. The minimum absolute atomic E-state index is 0.124. The van der Waals surface area contributed by atoms with Gasteiger partial charge in [-0.1, -0.05) is 78.8 Å². The number of carbonyl (C=O) groups excluding carboxylic acids is 2. The lowest BCUT2D eigenvalue weighted by Crippen LogP contribution is -2.30. The molecule has 1 aliphatic carbocycles. The molecule has 1 fully saturated rings. The van der Waals surface area contributed by atoms with Crippen LogP contribution < -0.4 is 4.74 Å². The zero-order valence-corrected chi connectivity index (χ0v) is 20.1. The highest BCUT2D eigenvalue weighted by Gasteiger charge is 2.32. The van der Waals surface area contributed by atoms with Gasteiger partial charge in [-0.25, -0.2) is 4.79 Å². The van der Waals surface area contributed by atoms with Crippen LogP contribution in [-0.4, -0.2) is 11.8 Å². The number of allylic oxidation sites excluding steroid dienone is 1. The van der Waals surface area contributed by atoms with Gasteiger partial charge < -0.3 is 4.74 Å². The van der Waals surface area contributed by atoms with Crippen LogP contribution >= 0.6 is 0 Å². The van der Waals surface area contributed by atoms with Crippen molar-refractivity contribution in [3.05, 3.63) is 71.3 Å². The van der Waals surface area contributed by atoms with Gasteiger partial charge in [-0.15, -0.1) is 0 Å². The highest BCUT2D eigenvalue weighted by Crippen LogP contribution is 2.35. The molecular formula is C28H38O3. The Morgan fingerprint density at radius 2 is 1.52 bits per heavy atom. The molecule has 0 spiro atoms. The molecule has 0 N–H and O–H groups in total. The summed E-state index contributed by atoms with van der Waals surface area (Å²) in [6.45, 7) is 14.4. The first-order valence-corrected chi connectivity index (χ1v) is 11.6. The predicted molar refractivity (Wildman–Crippen MR) is 130 cm³/mol. The van der Waals surface area contributed by atoms with Crippen molar-refractivity contribution < 1.29 is 14.3 Å². The number of ether oxygens (including phenoxy) is 1. The lowest BCUT2D eigenvalue weighted by Gasteiger charge is -2.30. The Morgan fingerprint density at radius 3 is 2.06 bits per heavy atom. The van der Waals surface area contributed by atoms with Crippen LogP contribution in [0.1, 0.15) is 77.2 Å². The van der Waals surface area contributed by atoms with Gasteiger partial charge in [0.1, 0.15) is 5.75 Å². The Hall–Kier alpha value is -2.68. The van der Waals surface area contributed by atoms with E-state index in [0.717, 1.165) is 24.0 Å². The van der Waals surface area contributed by atoms with Crippen molar-refractivity contribution in [2.45, 2.75) is 61.3 Å². The number of hydrogen-bond acceptors (Lipinski definition) is 3. The highest BCUT2D eigenvalue weighted by molar-refractivity contribution is 6.02. The first-order valence-electron chi connectivity index (χ1n) is 11.6. The van der Waals surface area contributed by atoms with E-state index in [1.165, 1.54) is 0 Å². The van der Waals surface area contributed by atoms with E-state index in [1.54, 1.807) is 36.4 Å². The average Bonchev–Trinajstić information content (AvgIpc) is 2.80. The summed E-state index contributed by atoms with van der Waals surface area (Å²) in [5.41, 5.74) is 2.38. The molecule has 31 heavy (non-hydrogen) atoms. The summed E-state index contributed by atoms with van der Waals surface area (Å²) in [6.07, 6.45) is 4.01. The van der Waals surface area contributed by atoms with Crippen molar-refractivity contribution in [3.63, 3.8) is 0 Å². The van der Waals surface area contributed by atoms with Crippen LogP contribution in [0.2, 0.25) is 0 Å². The summed E-state index contributed by atoms with van der Waals surface area (Å²) in [6, 6.07) is 16.2. The third kappa shape index (κ3) is 7.50. The number of rotatable bonds is 4. The SMILES string of the molecule is CC.CC.CC1CCC(C(C)C)C(=O)/C1=C/c1ccc(OC(=O)c2ccccc2)cc1. The van der Waals surface area contributed by atoms with Crippen LogP contribution in [0, 0.1) is 17.8 Å². The van der Waals surface area contributed by atoms with E-state index in [4.69, 9.17) is 4.74 Å². The monoisotopic (exact) mass is 422 g/mol. The molecule has 0 aromatic heterocycles. The molecule has 3 heteroatoms. The number of carbonyl (C=O) groups is 2. The van der Waals surface area contributed by atoms with Crippen molar-refractivity contribution in [1.29, 1.82) is 0 Å². The fourth-order valence-corrected chi connectivity index (χ4v) is 3.57. The van der Waals surface area contributed by atoms with Crippen LogP contribution in [0.5, 0.6) is 5.75 Å². The molecular weight excluding hydrogens is 384 g/mol. The smallest absolute Gasteiger partial charge is 0.343 e. The summed E-state index contributed by atoms with van der Waals surface area (Å²) < 4.78 is 5.41. The molecule has 2 aromatic rings. The summed E-state index contributed by atoms with van der Waals surface area (Å²) in [5, 5.41) is 0. The van der Waals surface area contributed by atoms with E-state index in [-0.39, 0.29) is 23.6 Å². The molecule has 0 amide bonds. The normalized spacial score (nSPS) is 19.1. The molecule has 0 bridgehead atoms. The number of esters is 1. The first kappa shape index (κ1) is 26.4. The van der Waals surface area contributed by atoms with Gasteiger partial charge in [-0.05, 0) is 66.2 Å². The Morgan fingerprint density at radius 1 is 0.935 bits per heavy atom. The maximum Gasteiger partial charge on any atom is 0.343 e. The third-order valence-corrected chi connectivity index (χ3v) is 5.29. The summed E-state index contributed by atoms with van der Waals surface area (Å²) in [4.78, 5) is 24.9. The lowest BCUT2D eigenvalue weighted by atomic mass is 9.73. The second-order valence-electron chi connectivity index (χ2n) is 7.62. The molecule has 1 saturated carbocycles. The average molecular weight is 423 g/mol. The molecule has 168 valence electrons. The summed E-state index contributed by atoms with van der Waals surface area (Å²) in [5.74, 6) is 1.17. The summed E-state index contributed by atoms with van der Waals surface area (Å²) in [7, 11) is 0. The van der Waals surface area contributed by atoms with E-state index < -0.39 is 0 Å². The molecule has 2 unspecified atom stereocenters. The Bertz CT molecular complexity index is 832. The van der Waals surface area contributed by atoms with Gasteiger partial charge in [0, 0.05) is 5.92 Å². The van der Waals surface area contributed by atoms with Crippen LogP contribution in [0.3, 0.4) is 0 Å². The minimum Gasteiger partial charge on any atom is -0.423 e. The molecule has 1 aliphatic rings. The maximum atomic E-state index is 12.8. The Balaban J connectivity index is 0.00000113. The molecule has 0 aliphatic heterocycles. The minimum atomic E-state index is -0.377. The van der Waals surface area contributed by atoms with E-state index in [0.29, 0.717) is 17.2 Å². The van der Waals surface area contributed by atoms with Crippen LogP contribution in [0.4, 0.5) is 0 Å². The van der Waals surface area contributed by atoms with Crippen molar-refractivity contribution in [2.24, 2.45) is 17.8 Å². The second kappa shape index (κ2) is 13.6. The highest BCUT2D eigenvalue weighted by atomic mass is 16.5. The molecule has 0 saturated heterocycles. The van der Waals surface area contributed by atoms with Crippen molar-refractivity contribution in [3.8, 4) is 5.75 Å². The predicted octanol–water partition coefficient (Wildman–Crippen LogP) is 7.61. The van der Waals surface area contributed by atoms with Crippen LogP contribution in [0.25, 0.3) is 6.08 Å². The largest absolute Gasteiger partial charge is 0.423 e. The fraction of sp³-hybridized carbons (Fsp3) is 0.429. The zero-order chi connectivity index (χ0) is 23.4. The van der Waals surface area contributed by atoms with E-state index >= 15 is 0 Å². The maximum absolute atomic E-state index is 12.8. The number of Topliss-reactive ketones (excluding diaryl/α,β-unsaturated/α-hetero) is 1. The zero-order valence-electron chi connectivity index (χ0n) is 20.1. The van der Waals surface area contributed by atoms with Gasteiger partial charge in [0.25, 0.3) is 0 Å². The Labute approximate surface area is 188 Å².